The Morgan fingerprint density at radius 1 is 1.10 bits per heavy atom. The van der Waals surface area contributed by atoms with Crippen LogP contribution in [0.5, 0.6) is 0 Å². The van der Waals surface area contributed by atoms with Gasteiger partial charge < -0.3 is 15.7 Å². The van der Waals surface area contributed by atoms with E-state index in [2.05, 4.69) is 0 Å². The Bertz CT molecular complexity index is 363. The van der Waals surface area contributed by atoms with Gasteiger partial charge in [-0.2, -0.15) is 0 Å². The standard InChI is InChI=1S/C14H25N3O3/c15-11-14(3-1-4-14)9-12(18)17-6-2-5-16(7-8-17)10-13(19)20/h1-11,15H2,(H,19,20). The maximum absolute atomic E-state index is 12.4. The van der Waals surface area contributed by atoms with Gasteiger partial charge in [-0.15, -0.1) is 0 Å². The van der Waals surface area contributed by atoms with Crippen molar-refractivity contribution in [2.24, 2.45) is 11.1 Å². The van der Waals surface area contributed by atoms with Crippen molar-refractivity contribution in [1.82, 2.24) is 9.80 Å². The van der Waals surface area contributed by atoms with Gasteiger partial charge in [0.2, 0.25) is 5.91 Å². The van der Waals surface area contributed by atoms with E-state index in [1.807, 2.05) is 9.80 Å². The lowest BCUT2D eigenvalue weighted by molar-refractivity contribution is -0.138. The second-order valence-corrected chi connectivity index (χ2v) is 6.14. The van der Waals surface area contributed by atoms with Crippen LogP contribution in [0, 0.1) is 5.41 Å². The van der Waals surface area contributed by atoms with Crippen LogP contribution in [-0.2, 0) is 9.59 Å². The summed E-state index contributed by atoms with van der Waals surface area (Å²) in [5, 5.41) is 8.82. The molecule has 1 saturated carbocycles. The largest absolute Gasteiger partial charge is 0.480 e. The van der Waals surface area contributed by atoms with Crippen molar-refractivity contribution in [1.29, 1.82) is 0 Å². The molecule has 0 atom stereocenters. The number of carboxylic acid groups (broad SMARTS) is 1. The number of nitrogens with two attached hydrogens (primary N) is 1. The minimum Gasteiger partial charge on any atom is -0.480 e. The Kier molecular flexibility index (Phi) is 4.99. The van der Waals surface area contributed by atoms with Gasteiger partial charge in [0.05, 0.1) is 6.54 Å². The van der Waals surface area contributed by atoms with Gasteiger partial charge >= 0.3 is 5.97 Å². The Morgan fingerprint density at radius 2 is 1.85 bits per heavy atom. The predicted octanol–water partition coefficient (Wildman–Crippen LogP) is 0.124. The van der Waals surface area contributed by atoms with Crippen molar-refractivity contribution in [3.8, 4) is 0 Å². The lowest BCUT2D eigenvalue weighted by Gasteiger charge is -2.41. The molecule has 0 radical (unpaired) electrons. The second-order valence-electron chi connectivity index (χ2n) is 6.14. The fourth-order valence-corrected chi connectivity index (χ4v) is 3.13. The predicted molar refractivity (Wildman–Crippen MR) is 75.2 cm³/mol. The third kappa shape index (κ3) is 3.70. The Morgan fingerprint density at radius 3 is 2.40 bits per heavy atom. The first-order valence-electron chi connectivity index (χ1n) is 7.47. The summed E-state index contributed by atoms with van der Waals surface area (Å²) >= 11 is 0. The molecule has 0 bridgehead atoms. The van der Waals surface area contributed by atoms with E-state index in [0.717, 1.165) is 32.4 Å². The van der Waals surface area contributed by atoms with E-state index in [1.165, 1.54) is 6.42 Å². The monoisotopic (exact) mass is 283 g/mol. The Balaban J connectivity index is 1.83. The summed E-state index contributed by atoms with van der Waals surface area (Å²) < 4.78 is 0. The van der Waals surface area contributed by atoms with Gasteiger partial charge in [-0.25, -0.2) is 0 Å². The molecule has 0 aromatic rings. The third-order valence-electron chi connectivity index (χ3n) is 4.67. The number of nitrogens with zero attached hydrogens (tertiary/aromatic N) is 2. The summed E-state index contributed by atoms with van der Waals surface area (Å²) in [6, 6.07) is 0. The third-order valence-corrected chi connectivity index (χ3v) is 4.67. The van der Waals surface area contributed by atoms with Crippen molar-refractivity contribution >= 4 is 11.9 Å². The van der Waals surface area contributed by atoms with Crippen LogP contribution in [0.4, 0.5) is 0 Å². The van der Waals surface area contributed by atoms with Crippen molar-refractivity contribution in [2.75, 3.05) is 39.3 Å². The highest BCUT2D eigenvalue weighted by molar-refractivity contribution is 5.77. The molecule has 6 heteroatoms. The highest BCUT2D eigenvalue weighted by Gasteiger charge is 2.38. The van der Waals surface area contributed by atoms with Gasteiger partial charge in [-0.05, 0) is 31.2 Å². The molecule has 114 valence electrons. The average molecular weight is 283 g/mol. The highest BCUT2D eigenvalue weighted by atomic mass is 16.4. The molecule has 20 heavy (non-hydrogen) atoms. The van der Waals surface area contributed by atoms with E-state index >= 15 is 0 Å². The van der Waals surface area contributed by atoms with Crippen LogP contribution in [0.3, 0.4) is 0 Å². The minimum absolute atomic E-state index is 0.0458. The smallest absolute Gasteiger partial charge is 0.317 e. The quantitative estimate of drug-likeness (QED) is 0.748. The minimum atomic E-state index is -0.804. The molecule has 1 amide bonds. The molecule has 1 aliphatic heterocycles. The van der Waals surface area contributed by atoms with E-state index in [0.29, 0.717) is 26.1 Å². The van der Waals surface area contributed by atoms with Crippen LogP contribution in [-0.4, -0.2) is 66.1 Å². The van der Waals surface area contributed by atoms with Crippen LogP contribution in [0.1, 0.15) is 32.1 Å². The first-order chi connectivity index (χ1) is 9.54. The van der Waals surface area contributed by atoms with E-state index in [1.54, 1.807) is 0 Å². The number of carbonyl (C=O) groups excluding carboxylic acids is 1. The zero-order valence-corrected chi connectivity index (χ0v) is 12.0. The molecule has 1 saturated heterocycles. The number of carbonyl (C=O) groups is 2. The fourth-order valence-electron chi connectivity index (χ4n) is 3.13. The summed E-state index contributed by atoms with van der Waals surface area (Å²) in [6.45, 7) is 3.42. The van der Waals surface area contributed by atoms with Crippen LogP contribution >= 0.6 is 0 Å². The number of hydrogen-bond donors (Lipinski definition) is 2. The van der Waals surface area contributed by atoms with Crippen molar-refractivity contribution in [2.45, 2.75) is 32.1 Å². The molecule has 0 unspecified atom stereocenters. The van der Waals surface area contributed by atoms with Crippen molar-refractivity contribution in [3.05, 3.63) is 0 Å². The SMILES string of the molecule is NCC1(CC(=O)N2CCCN(CC(=O)O)CC2)CCC1. The molecular formula is C14H25N3O3. The Hall–Kier alpha value is -1.14. The van der Waals surface area contributed by atoms with Crippen molar-refractivity contribution < 1.29 is 14.7 Å². The van der Waals surface area contributed by atoms with E-state index in [-0.39, 0.29) is 17.9 Å². The number of aliphatic carboxylic acids is 1. The van der Waals surface area contributed by atoms with Crippen LogP contribution in [0.15, 0.2) is 0 Å². The number of carboxylic acids is 1. The normalized spacial score (nSPS) is 22.9. The molecule has 0 aromatic heterocycles. The zero-order chi connectivity index (χ0) is 14.6. The maximum Gasteiger partial charge on any atom is 0.317 e. The molecule has 2 fully saturated rings. The molecule has 2 aliphatic rings. The number of rotatable bonds is 5. The molecule has 1 aliphatic carbocycles. The first kappa shape index (κ1) is 15.3. The van der Waals surface area contributed by atoms with Gasteiger partial charge in [0.25, 0.3) is 0 Å². The van der Waals surface area contributed by atoms with Gasteiger partial charge in [-0.1, -0.05) is 6.42 Å². The molecule has 6 nitrogen and oxygen atoms in total. The topological polar surface area (TPSA) is 86.9 Å². The fraction of sp³-hybridized carbons (Fsp3) is 0.857. The Labute approximate surface area is 119 Å². The van der Waals surface area contributed by atoms with Crippen molar-refractivity contribution in [3.63, 3.8) is 0 Å². The summed E-state index contributed by atoms with van der Waals surface area (Å²) in [4.78, 5) is 26.9. The summed E-state index contributed by atoms with van der Waals surface area (Å²) in [5.74, 6) is -0.617. The highest BCUT2D eigenvalue weighted by Crippen LogP contribution is 2.43. The van der Waals surface area contributed by atoms with E-state index in [4.69, 9.17) is 10.8 Å². The molecule has 0 spiro atoms. The summed E-state index contributed by atoms with van der Waals surface area (Å²) in [7, 11) is 0. The molecule has 0 aromatic carbocycles. The van der Waals surface area contributed by atoms with Gasteiger partial charge in [0.1, 0.15) is 0 Å². The number of amides is 1. The molecule has 2 rings (SSSR count). The molecular weight excluding hydrogens is 258 g/mol. The second kappa shape index (κ2) is 6.54. The van der Waals surface area contributed by atoms with E-state index in [9.17, 15) is 9.59 Å². The van der Waals surface area contributed by atoms with Gasteiger partial charge in [0.15, 0.2) is 0 Å². The van der Waals surface area contributed by atoms with E-state index < -0.39 is 5.97 Å². The lowest BCUT2D eigenvalue weighted by atomic mass is 9.66. The van der Waals surface area contributed by atoms with Crippen LogP contribution in [0.2, 0.25) is 0 Å². The lowest BCUT2D eigenvalue weighted by Crippen LogP contribution is -2.44. The molecule has 1 heterocycles. The summed E-state index contributed by atoms with van der Waals surface area (Å²) in [5.41, 5.74) is 5.86. The van der Waals surface area contributed by atoms with Crippen LogP contribution < -0.4 is 5.73 Å². The van der Waals surface area contributed by atoms with Crippen LogP contribution in [0.25, 0.3) is 0 Å². The maximum atomic E-state index is 12.4. The average Bonchev–Trinajstić information content (AvgIpc) is 2.58. The number of hydrogen-bond acceptors (Lipinski definition) is 4. The summed E-state index contributed by atoms with van der Waals surface area (Å²) in [6.07, 6.45) is 4.70. The van der Waals surface area contributed by atoms with Gasteiger partial charge in [0, 0.05) is 32.6 Å². The van der Waals surface area contributed by atoms with Gasteiger partial charge in [-0.3, -0.25) is 14.5 Å². The molecule has 3 N–H and O–H groups in total. The zero-order valence-electron chi connectivity index (χ0n) is 12.0. The first-order valence-corrected chi connectivity index (χ1v) is 7.47.